The highest BCUT2D eigenvalue weighted by Crippen LogP contribution is 2.28. The number of rotatable bonds is 3. The normalized spacial score (nSPS) is 10.8. The molecule has 0 saturated carbocycles. The zero-order valence-electron chi connectivity index (χ0n) is 9.45. The fraction of sp³-hybridized carbons (Fsp3) is 0.250. The quantitative estimate of drug-likeness (QED) is 0.913. The van der Waals surface area contributed by atoms with Crippen LogP contribution in [0.1, 0.15) is 5.69 Å². The van der Waals surface area contributed by atoms with Crippen molar-refractivity contribution in [3.05, 3.63) is 40.9 Å². The zero-order chi connectivity index (χ0) is 12.4. The number of nitrogens with zero attached hydrogens (tertiary/aromatic N) is 2. The molecule has 0 fully saturated rings. The third-order valence-electron chi connectivity index (χ3n) is 2.51. The highest BCUT2D eigenvalue weighted by molar-refractivity contribution is 6.30. The Hall–Kier alpha value is -1.39. The van der Waals surface area contributed by atoms with Gasteiger partial charge in [0.15, 0.2) is 0 Å². The van der Waals surface area contributed by atoms with E-state index in [1.807, 2.05) is 0 Å². The molecule has 2 aromatic rings. The standard InChI is InChI=1S/C12H13ClFN3/c1-17-7-10(12(16-17)4-5-15)9-6-8(13)2-3-11(9)14/h2-3,6-7H,4-5,15H2,1H3. The Morgan fingerprint density at radius 1 is 1.41 bits per heavy atom. The molecule has 0 radical (unpaired) electrons. The van der Waals surface area contributed by atoms with Crippen LogP contribution < -0.4 is 5.73 Å². The third-order valence-corrected chi connectivity index (χ3v) is 2.74. The van der Waals surface area contributed by atoms with Crippen LogP contribution in [0, 0.1) is 5.82 Å². The fourth-order valence-electron chi connectivity index (χ4n) is 1.78. The second-order valence-electron chi connectivity index (χ2n) is 3.83. The molecule has 0 aliphatic heterocycles. The number of halogens is 2. The van der Waals surface area contributed by atoms with Crippen LogP contribution in [0.5, 0.6) is 0 Å². The second kappa shape index (κ2) is 4.85. The summed E-state index contributed by atoms with van der Waals surface area (Å²) in [6.07, 6.45) is 2.39. The largest absolute Gasteiger partial charge is 0.330 e. The SMILES string of the molecule is Cn1cc(-c2cc(Cl)ccc2F)c(CCN)n1. The summed E-state index contributed by atoms with van der Waals surface area (Å²) in [5.74, 6) is -0.305. The average Bonchev–Trinajstić information content (AvgIpc) is 2.64. The van der Waals surface area contributed by atoms with Crippen LogP contribution in [0.25, 0.3) is 11.1 Å². The van der Waals surface area contributed by atoms with Crippen molar-refractivity contribution in [1.29, 1.82) is 0 Å². The predicted octanol–water partition coefficient (Wildman–Crippen LogP) is 2.38. The molecule has 0 saturated heterocycles. The van der Waals surface area contributed by atoms with Gasteiger partial charge in [-0.25, -0.2) is 4.39 Å². The van der Waals surface area contributed by atoms with E-state index in [0.717, 1.165) is 11.3 Å². The van der Waals surface area contributed by atoms with Gasteiger partial charge in [0.1, 0.15) is 5.82 Å². The Balaban J connectivity index is 2.55. The van der Waals surface area contributed by atoms with E-state index in [2.05, 4.69) is 5.10 Å². The third kappa shape index (κ3) is 2.48. The van der Waals surface area contributed by atoms with E-state index in [9.17, 15) is 4.39 Å². The van der Waals surface area contributed by atoms with Gasteiger partial charge in [0, 0.05) is 35.8 Å². The van der Waals surface area contributed by atoms with E-state index in [1.165, 1.54) is 12.1 Å². The summed E-state index contributed by atoms with van der Waals surface area (Å²) in [7, 11) is 1.80. The van der Waals surface area contributed by atoms with Gasteiger partial charge in [-0.15, -0.1) is 0 Å². The van der Waals surface area contributed by atoms with E-state index in [0.29, 0.717) is 23.6 Å². The van der Waals surface area contributed by atoms with Crippen LogP contribution in [-0.4, -0.2) is 16.3 Å². The van der Waals surface area contributed by atoms with Crippen molar-refractivity contribution < 1.29 is 4.39 Å². The maximum absolute atomic E-state index is 13.8. The van der Waals surface area contributed by atoms with Gasteiger partial charge in [0.05, 0.1) is 5.69 Å². The lowest BCUT2D eigenvalue weighted by Crippen LogP contribution is -2.04. The van der Waals surface area contributed by atoms with Crippen molar-refractivity contribution >= 4 is 11.6 Å². The monoisotopic (exact) mass is 253 g/mol. The van der Waals surface area contributed by atoms with Gasteiger partial charge < -0.3 is 5.73 Å². The first-order valence-electron chi connectivity index (χ1n) is 5.30. The number of benzene rings is 1. The van der Waals surface area contributed by atoms with Gasteiger partial charge in [0.25, 0.3) is 0 Å². The average molecular weight is 254 g/mol. The number of hydrogen-bond acceptors (Lipinski definition) is 2. The molecule has 1 aromatic carbocycles. The summed E-state index contributed by atoms with van der Waals surface area (Å²) >= 11 is 5.88. The molecule has 2 rings (SSSR count). The molecule has 3 nitrogen and oxygen atoms in total. The predicted molar refractivity (Wildman–Crippen MR) is 66.4 cm³/mol. The summed E-state index contributed by atoms with van der Waals surface area (Å²) < 4.78 is 15.4. The Kier molecular flexibility index (Phi) is 3.45. The van der Waals surface area contributed by atoms with Gasteiger partial charge in [0.2, 0.25) is 0 Å². The number of aromatic nitrogens is 2. The zero-order valence-corrected chi connectivity index (χ0v) is 10.2. The van der Waals surface area contributed by atoms with Gasteiger partial charge in [-0.05, 0) is 24.7 Å². The smallest absolute Gasteiger partial charge is 0.131 e. The molecule has 0 atom stereocenters. The summed E-state index contributed by atoms with van der Waals surface area (Å²) in [6.45, 7) is 0.478. The van der Waals surface area contributed by atoms with Crippen molar-refractivity contribution in [1.82, 2.24) is 9.78 Å². The lowest BCUT2D eigenvalue weighted by molar-refractivity contribution is 0.631. The van der Waals surface area contributed by atoms with Crippen LogP contribution in [0.15, 0.2) is 24.4 Å². The van der Waals surface area contributed by atoms with Crippen molar-refractivity contribution in [2.24, 2.45) is 12.8 Å². The number of hydrogen-bond donors (Lipinski definition) is 1. The lowest BCUT2D eigenvalue weighted by atomic mass is 10.0. The molecule has 0 bridgehead atoms. The van der Waals surface area contributed by atoms with Crippen LogP contribution in [0.4, 0.5) is 4.39 Å². The molecule has 90 valence electrons. The lowest BCUT2D eigenvalue weighted by Gasteiger charge is -2.03. The van der Waals surface area contributed by atoms with Crippen LogP contribution >= 0.6 is 11.6 Å². The summed E-state index contributed by atoms with van der Waals surface area (Å²) in [5.41, 5.74) is 7.52. The maximum Gasteiger partial charge on any atom is 0.131 e. The van der Waals surface area contributed by atoms with E-state index < -0.39 is 0 Å². The molecule has 0 amide bonds. The molecule has 1 aromatic heterocycles. The highest BCUT2D eigenvalue weighted by atomic mass is 35.5. The van der Waals surface area contributed by atoms with Gasteiger partial charge in [-0.3, -0.25) is 4.68 Å². The minimum absolute atomic E-state index is 0.305. The first-order chi connectivity index (χ1) is 8.11. The van der Waals surface area contributed by atoms with Crippen LogP contribution in [0.3, 0.4) is 0 Å². The van der Waals surface area contributed by atoms with Crippen molar-refractivity contribution in [3.63, 3.8) is 0 Å². The molecular weight excluding hydrogens is 241 g/mol. The molecule has 0 unspecified atom stereocenters. The highest BCUT2D eigenvalue weighted by Gasteiger charge is 2.13. The molecule has 0 spiro atoms. The van der Waals surface area contributed by atoms with Crippen molar-refractivity contribution in [3.8, 4) is 11.1 Å². The molecule has 0 aliphatic carbocycles. The number of nitrogens with two attached hydrogens (primary N) is 1. The number of aryl methyl sites for hydroxylation is 1. The Morgan fingerprint density at radius 3 is 2.88 bits per heavy atom. The van der Waals surface area contributed by atoms with Crippen molar-refractivity contribution in [2.75, 3.05) is 6.54 Å². The summed E-state index contributed by atoms with van der Waals surface area (Å²) in [4.78, 5) is 0. The summed E-state index contributed by atoms with van der Waals surface area (Å²) in [5, 5.41) is 4.78. The first kappa shape index (κ1) is 12.1. The fourth-order valence-corrected chi connectivity index (χ4v) is 1.96. The maximum atomic E-state index is 13.8. The molecule has 2 N–H and O–H groups in total. The molecule has 5 heteroatoms. The minimum atomic E-state index is -0.305. The van der Waals surface area contributed by atoms with Crippen LogP contribution in [0.2, 0.25) is 5.02 Å². The van der Waals surface area contributed by atoms with E-state index in [1.54, 1.807) is 24.0 Å². The first-order valence-corrected chi connectivity index (χ1v) is 5.67. The second-order valence-corrected chi connectivity index (χ2v) is 4.26. The Labute approximate surface area is 104 Å². The molecule has 0 aliphatic rings. The summed E-state index contributed by atoms with van der Waals surface area (Å²) in [6, 6.07) is 4.49. The molecular formula is C12H13ClFN3. The van der Waals surface area contributed by atoms with E-state index in [4.69, 9.17) is 17.3 Å². The molecule has 17 heavy (non-hydrogen) atoms. The minimum Gasteiger partial charge on any atom is -0.330 e. The van der Waals surface area contributed by atoms with Gasteiger partial charge >= 0.3 is 0 Å². The van der Waals surface area contributed by atoms with Gasteiger partial charge in [-0.1, -0.05) is 11.6 Å². The molecule has 1 heterocycles. The Morgan fingerprint density at radius 2 is 2.18 bits per heavy atom. The van der Waals surface area contributed by atoms with Gasteiger partial charge in [-0.2, -0.15) is 5.10 Å². The Bertz CT molecular complexity index is 537. The topological polar surface area (TPSA) is 43.8 Å². The van der Waals surface area contributed by atoms with Crippen molar-refractivity contribution in [2.45, 2.75) is 6.42 Å². The van der Waals surface area contributed by atoms with E-state index in [-0.39, 0.29) is 5.82 Å². The van der Waals surface area contributed by atoms with E-state index >= 15 is 0 Å². The van der Waals surface area contributed by atoms with Crippen LogP contribution in [-0.2, 0) is 13.5 Å².